The van der Waals surface area contributed by atoms with Crippen molar-refractivity contribution in [1.29, 1.82) is 0 Å². The standard InChI is InChI=1S/C25H30F3N7O4.CH4/c26-14-7-18(27)21(19(28)8-14)33-25-32-20-10-30-24(34-22(20)35(25)16-5-6-39-12-16)31-15-3-1-13(2-4-15)23(38)29-9-17(37)11-36;/h7-8,10,13,15-17,36-37H,1-6,9,11-12H2,(H,29,38)(H,32,33)(H,30,31,34);1H4/t13?,15?,16-,17-;/m0./s1. The molecule has 0 spiro atoms. The van der Waals surface area contributed by atoms with Crippen molar-refractivity contribution in [3.05, 3.63) is 35.8 Å². The van der Waals surface area contributed by atoms with Gasteiger partial charge in [-0.2, -0.15) is 4.98 Å². The summed E-state index contributed by atoms with van der Waals surface area (Å²) in [6.45, 7) is 0.474. The Morgan fingerprint density at radius 3 is 2.50 bits per heavy atom. The fourth-order valence-corrected chi connectivity index (χ4v) is 5.00. The molecule has 2 atom stereocenters. The Morgan fingerprint density at radius 2 is 1.85 bits per heavy atom. The summed E-state index contributed by atoms with van der Waals surface area (Å²) in [4.78, 5) is 25.8. The average Bonchev–Trinajstić information content (AvgIpc) is 3.57. The van der Waals surface area contributed by atoms with Gasteiger partial charge in [-0.1, -0.05) is 7.43 Å². The van der Waals surface area contributed by atoms with Gasteiger partial charge in [0.1, 0.15) is 17.0 Å². The number of aliphatic hydroxyl groups is 2. The molecule has 218 valence electrons. The van der Waals surface area contributed by atoms with Gasteiger partial charge in [0.05, 0.1) is 31.6 Å². The van der Waals surface area contributed by atoms with E-state index in [9.17, 15) is 23.1 Å². The van der Waals surface area contributed by atoms with Crippen LogP contribution >= 0.6 is 0 Å². The Bertz CT molecular complexity index is 1300. The van der Waals surface area contributed by atoms with E-state index < -0.39 is 35.8 Å². The topological polar surface area (TPSA) is 146 Å². The number of hydrogen-bond donors (Lipinski definition) is 5. The molecule has 1 aliphatic carbocycles. The molecule has 1 aromatic carbocycles. The lowest BCUT2D eigenvalue weighted by Crippen LogP contribution is -2.40. The van der Waals surface area contributed by atoms with Crippen LogP contribution in [0, 0.1) is 23.4 Å². The number of rotatable bonds is 9. The molecule has 1 amide bonds. The first kappa shape index (κ1) is 29.5. The lowest BCUT2D eigenvalue weighted by atomic mass is 9.85. The molecule has 0 radical (unpaired) electrons. The summed E-state index contributed by atoms with van der Waals surface area (Å²) in [6, 6.07) is 1.02. The van der Waals surface area contributed by atoms with E-state index >= 15 is 0 Å². The SMILES string of the molecule is C.O=C(NC[C@H](O)CO)C1CCC(Nc2ncc3nc(Nc4c(F)cc(F)cc4F)n([C@H]4CCOC4)c3n2)CC1. The van der Waals surface area contributed by atoms with Gasteiger partial charge >= 0.3 is 0 Å². The second-order valence-corrected chi connectivity index (χ2v) is 9.87. The number of carbonyl (C=O) groups excluding carboxylic acids is 1. The van der Waals surface area contributed by atoms with E-state index in [1.54, 1.807) is 4.57 Å². The fourth-order valence-electron chi connectivity index (χ4n) is 5.00. The largest absolute Gasteiger partial charge is 0.394 e. The quantitative estimate of drug-likeness (QED) is 0.264. The number of aliphatic hydroxyl groups excluding tert-OH is 2. The molecule has 0 unspecified atom stereocenters. The van der Waals surface area contributed by atoms with Crippen LogP contribution < -0.4 is 16.0 Å². The van der Waals surface area contributed by atoms with Gasteiger partial charge in [0.15, 0.2) is 17.3 Å². The van der Waals surface area contributed by atoms with E-state index in [4.69, 9.17) is 9.84 Å². The molecule has 40 heavy (non-hydrogen) atoms. The summed E-state index contributed by atoms with van der Waals surface area (Å²) < 4.78 is 49.4. The predicted molar refractivity (Wildman–Crippen MR) is 142 cm³/mol. The van der Waals surface area contributed by atoms with Gasteiger partial charge in [0.2, 0.25) is 17.8 Å². The van der Waals surface area contributed by atoms with Crippen molar-refractivity contribution in [3.8, 4) is 0 Å². The number of fused-ring (bicyclic) bond motifs is 1. The van der Waals surface area contributed by atoms with Crippen molar-refractivity contribution in [1.82, 2.24) is 24.8 Å². The van der Waals surface area contributed by atoms with Crippen LogP contribution in [0.3, 0.4) is 0 Å². The average molecular weight is 566 g/mol. The molecule has 1 saturated carbocycles. The third-order valence-corrected chi connectivity index (χ3v) is 7.10. The Hall–Kier alpha value is -3.49. The van der Waals surface area contributed by atoms with Crippen molar-refractivity contribution < 1.29 is 32.9 Å². The number of nitrogens with zero attached hydrogens (tertiary/aromatic N) is 4. The molecule has 0 bridgehead atoms. The van der Waals surface area contributed by atoms with Gasteiger partial charge < -0.3 is 30.9 Å². The number of amides is 1. The second kappa shape index (κ2) is 12.8. The lowest BCUT2D eigenvalue weighted by molar-refractivity contribution is -0.126. The van der Waals surface area contributed by atoms with Crippen molar-refractivity contribution in [3.63, 3.8) is 0 Å². The molecular weight excluding hydrogens is 531 g/mol. The van der Waals surface area contributed by atoms with Crippen LogP contribution in [0.15, 0.2) is 18.3 Å². The zero-order chi connectivity index (χ0) is 27.5. The maximum absolute atomic E-state index is 14.4. The number of imidazole rings is 1. The summed E-state index contributed by atoms with van der Waals surface area (Å²) in [7, 11) is 0. The number of carbonyl (C=O) groups is 1. The monoisotopic (exact) mass is 565 g/mol. The molecule has 5 rings (SSSR count). The Balaban J connectivity index is 0.00000370. The number of aromatic nitrogens is 4. The molecule has 2 aromatic heterocycles. The number of hydrogen-bond acceptors (Lipinski definition) is 9. The molecule has 14 heteroatoms. The second-order valence-electron chi connectivity index (χ2n) is 9.87. The Morgan fingerprint density at radius 1 is 1.12 bits per heavy atom. The van der Waals surface area contributed by atoms with E-state index in [1.165, 1.54) is 6.20 Å². The summed E-state index contributed by atoms with van der Waals surface area (Å²) in [5, 5.41) is 27.0. The molecule has 2 fully saturated rings. The van der Waals surface area contributed by atoms with Gasteiger partial charge in [-0.05, 0) is 32.1 Å². The van der Waals surface area contributed by atoms with Crippen molar-refractivity contribution in [2.24, 2.45) is 5.92 Å². The minimum absolute atomic E-state index is 0. The number of nitrogens with one attached hydrogen (secondary N) is 3. The van der Waals surface area contributed by atoms with E-state index in [0.717, 1.165) is 0 Å². The van der Waals surface area contributed by atoms with Gasteiger partial charge in [-0.15, -0.1) is 0 Å². The third kappa shape index (κ3) is 6.45. The first-order valence-electron chi connectivity index (χ1n) is 12.9. The van der Waals surface area contributed by atoms with Gasteiger partial charge in [0, 0.05) is 37.2 Å². The third-order valence-electron chi connectivity index (χ3n) is 7.10. The molecular formula is C26H34F3N7O4. The van der Waals surface area contributed by atoms with Crippen LogP contribution in [0.4, 0.5) is 30.8 Å². The Labute approximate surface area is 229 Å². The van der Waals surface area contributed by atoms with Crippen LogP contribution in [0.1, 0.15) is 45.6 Å². The predicted octanol–water partition coefficient (Wildman–Crippen LogP) is 3.02. The highest BCUT2D eigenvalue weighted by atomic mass is 19.1. The van der Waals surface area contributed by atoms with Gasteiger partial charge in [-0.25, -0.2) is 23.1 Å². The number of benzene rings is 1. The zero-order valence-corrected chi connectivity index (χ0v) is 21.0. The Kier molecular flexibility index (Phi) is 9.43. The van der Waals surface area contributed by atoms with Crippen molar-refractivity contribution in [2.75, 3.05) is 37.0 Å². The van der Waals surface area contributed by atoms with Crippen LogP contribution in [-0.4, -0.2) is 74.2 Å². The van der Waals surface area contributed by atoms with Crippen molar-refractivity contribution >= 4 is 34.7 Å². The van der Waals surface area contributed by atoms with Crippen molar-refractivity contribution in [2.45, 2.75) is 57.7 Å². The highest BCUT2D eigenvalue weighted by Gasteiger charge is 2.29. The number of halogens is 3. The molecule has 2 aliphatic rings. The van der Waals surface area contributed by atoms with Crippen LogP contribution in [0.2, 0.25) is 0 Å². The van der Waals surface area contributed by atoms with Crippen LogP contribution in [-0.2, 0) is 9.53 Å². The minimum atomic E-state index is -1.09. The van der Waals surface area contributed by atoms with E-state index in [1.807, 2.05) is 0 Å². The van der Waals surface area contributed by atoms with Crippen LogP contribution in [0.25, 0.3) is 11.2 Å². The number of ether oxygens (including phenoxy) is 1. The zero-order valence-electron chi connectivity index (χ0n) is 21.0. The summed E-state index contributed by atoms with van der Waals surface area (Å²) in [5.74, 6) is -3.03. The molecule has 11 nitrogen and oxygen atoms in total. The minimum Gasteiger partial charge on any atom is -0.394 e. The van der Waals surface area contributed by atoms with Gasteiger partial charge in [-0.3, -0.25) is 9.36 Å². The van der Waals surface area contributed by atoms with E-state index in [2.05, 4.69) is 30.9 Å². The van der Waals surface area contributed by atoms with E-state index in [-0.39, 0.29) is 43.8 Å². The molecule has 3 aromatic rings. The smallest absolute Gasteiger partial charge is 0.224 e. The first-order valence-corrected chi connectivity index (χ1v) is 12.9. The summed E-state index contributed by atoms with van der Waals surface area (Å²) in [6.07, 6.45) is 3.87. The highest BCUT2D eigenvalue weighted by Crippen LogP contribution is 2.32. The number of anilines is 3. The highest BCUT2D eigenvalue weighted by molar-refractivity contribution is 5.79. The molecule has 3 heterocycles. The van der Waals surface area contributed by atoms with Crippen LogP contribution in [0.5, 0.6) is 0 Å². The summed E-state index contributed by atoms with van der Waals surface area (Å²) >= 11 is 0. The molecule has 1 aliphatic heterocycles. The maximum Gasteiger partial charge on any atom is 0.224 e. The fraction of sp³-hybridized carbons (Fsp3) is 0.538. The first-order chi connectivity index (χ1) is 18.8. The molecule has 1 saturated heterocycles. The molecule has 5 N–H and O–H groups in total. The van der Waals surface area contributed by atoms with E-state index in [0.29, 0.717) is 74.6 Å². The lowest BCUT2D eigenvalue weighted by Gasteiger charge is -2.28. The summed E-state index contributed by atoms with van der Waals surface area (Å²) in [5.41, 5.74) is 0.331. The van der Waals surface area contributed by atoms with Gasteiger partial charge in [0.25, 0.3) is 0 Å². The maximum atomic E-state index is 14.4. The normalized spacial score (nSPS) is 21.6.